The number of benzene rings is 8. The van der Waals surface area contributed by atoms with Gasteiger partial charge in [-0.1, -0.05) is 205 Å². The highest BCUT2D eigenvalue weighted by atomic mass is 15.1. The minimum absolute atomic E-state index is 0.564. The Morgan fingerprint density at radius 2 is 0.530 bits per heavy atom. The second-order valence-corrected chi connectivity index (χ2v) is 26.8. The first-order valence-corrected chi connectivity index (χ1v) is 37.4. The molecule has 0 fully saturated rings. The standard InChI is InChI=1S/2C28H21N.3C14H11N5/c1-20-8-7-13-23(16-20)26-18-27(22-10-3-2-4-11-22)29-28(19-26)25-15-14-21-9-5-6-12-24(21)17-25;1-20-11-13-22(14-12-20)26-18-27(23-8-3-2-4-9-23)29-28(19-26)25-16-15-21-7-5-6-10-24(21)17-25;1-10-17-13(11-2-6-15-7-3-11)19-14(18-10)12-4-8-16-9-5-12;1-10-17-13(11-4-2-6-15-8-11)19-14(18-10)12-5-3-7-16-9-12;1-10-17-13(11-6-2-4-8-15-11)19-14(18-10)12-7-3-5-9-16-12/h2*2-19H,1H3;3*2-9H,1H3. The Bertz CT molecular complexity index is 5970. The molecule has 0 saturated carbocycles. The third-order valence-electron chi connectivity index (χ3n) is 18.4. The first-order chi connectivity index (χ1) is 56.5. The van der Waals surface area contributed by atoms with Crippen LogP contribution in [-0.4, -0.2) is 84.7 Å². The average Bonchev–Trinajstić information content (AvgIpc) is 0.793. The lowest BCUT2D eigenvalue weighted by atomic mass is 9.98. The Labute approximate surface area is 666 Å². The molecule has 19 rings (SSSR count). The molecule has 0 saturated heterocycles. The van der Waals surface area contributed by atoms with E-state index >= 15 is 0 Å². The minimum atomic E-state index is 0.564. The Kier molecular flexibility index (Phi) is 23.7. The number of hydrogen-bond donors (Lipinski definition) is 0. The summed E-state index contributed by atoms with van der Waals surface area (Å²) >= 11 is 0. The van der Waals surface area contributed by atoms with Crippen LogP contribution in [0.1, 0.15) is 28.6 Å². The molecule has 17 heteroatoms. The van der Waals surface area contributed by atoms with Crippen molar-refractivity contribution >= 4 is 21.5 Å². The van der Waals surface area contributed by atoms with E-state index in [0.717, 1.165) is 78.7 Å². The van der Waals surface area contributed by atoms with E-state index in [1.807, 2.05) is 118 Å². The van der Waals surface area contributed by atoms with Crippen LogP contribution in [0.4, 0.5) is 0 Å². The van der Waals surface area contributed by atoms with Gasteiger partial charge in [-0.15, -0.1) is 0 Å². The molecule has 552 valence electrons. The van der Waals surface area contributed by atoms with Gasteiger partial charge in [0, 0.05) is 106 Å². The first kappa shape index (κ1) is 74.9. The minimum Gasteiger partial charge on any atom is -0.265 e. The van der Waals surface area contributed by atoms with E-state index in [4.69, 9.17) is 9.97 Å². The van der Waals surface area contributed by atoms with Gasteiger partial charge in [-0.25, -0.2) is 54.8 Å². The quantitative estimate of drug-likeness (QED) is 0.111. The van der Waals surface area contributed by atoms with Crippen LogP contribution >= 0.6 is 0 Å². The lowest BCUT2D eigenvalue weighted by Gasteiger charge is -2.11. The maximum Gasteiger partial charge on any atom is 0.182 e. The molecular formula is C98H75N17. The summed E-state index contributed by atoms with van der Waals surface area (Å²) in [6.07, 6.45) is 17.2. The largest absolute Gasteiger partial charge is 0.265 e. The molecule has 0 atom stereocenters. The normalized spacial score (nSPS) is 10.7. The third-order valence-corrected chi connectivity index (χ3v) is 18.4. The van der Waals surface area contributed by atoms with Crippen molar-refractivity contribution in [2.24, 2.45) is 0 Å². The van der Waals surface area contributed by atoms with Gasteiger partial charge in [-0.2, -0.15) is 0 Å². The number of pyridine rings is 8. The molecule has 19 aromatic rings. The highest BCUT2D eigenvalue weighted by molar-refractivity contribution is 5.90. The Morgan fingerprint density at radius 3 is 0.948 bits per heavy atom. The van der Waals surface area contributed by atoms with Gasteiger partial charge in [0.15, 0.2) is 34.9 Å². The van der Waals surface area contributed by atoms with Crippen molar-refractivity contribution in [2.75, 3.05) is 0 Å². The molecule has 0 unspecified atom stereocenters. The maximum atomic E-state index is 5.03. The predicted octanol–water partition coefficient (Wildman–Crippen LogP) is 22.0. The molecule has 0 bridgehead atoms. The van der Waals surface area contributed by atoms with Crippen LogP contribution in [0.25, 0.3) is 157 Å². The number of rotatable bonds is 12. The first-order valence-electron chi connectivity index (χ1n) is 37.4. The summed E-state index contributed by atoms with van der Waals surface area (Å²) in [5, 5.41) is 4.95. The van der Waals surface area contributed by atoms with E-state index in [1.165, 1.54) is 54.9 Å². The van der Waals surface area contributed by atoms with Crippen LogP contribution in [0.15, 0.2) is 365 Å². The fourth-order valence-electron chi connectivity index (χ4n) is 12.6. The lowest BCUT2D eigenvalue weighted by molar-refractivity contribution is 0.975. The molecule has 0 N–H and O–H groups in total. The van der Waals surface area contributed by atoms with Gasteiger partial charge >= 0.3 is 0 Å². The monoisotopic (exact) mass is 1490 g/mol. The summed E-state index contributed by atoms with van der Waals surface area (Å²) in [6, 6.07) is 103. The summed E-state index contributed by atoms with van der Waals surface area (Å²) in [5.41, 5.74) is 20.9. The Balaban J connectivity index is 0.000000115. The molecule has 0 spiro atoms. The molecule has 17 nitrogen and oxygen atoms in total. The van der Waals surface area contributed by atoms with Crippen LogP contribution in [0, 0.1) is 34.6 Å². The number of aromatic nitrogens is 17. The van der Waals surface area contributed by atoms with Crippen molar-refractivity contribution in [2.45, 2.75) is 34.6 Å². The molecule has 11 heterocycles. The zero-order valence-corrected chi connectivity index (χ0v) is 63.7. The third kappa shape index (κ3) is 19.6. The molecule has 8 aromatic carbocycles. The zero-order chi connectivity index (χ0) is 78.5. The summed E-state index contributed by atoms with van der Waals surface area (Å²) in [6.45, 7) is 9.79. The maximum absolute atomic E-state index is 5.03. The van der Waals surface area contributed by atoms with Gasteiger partial charge in [0.25, 0.3) is 0 Å². The molecule has 0 radical (unpaired) electrons. The molecule has 0 amide bonds. The predicted molar refractivity (Wildman–Crippen MR) is 459 cm³/mol. The van der Waals surface area contributed by atoms with E-state index < -0.39 is 0 Å². The van der Waals surface area contributed by atoms with Gasteiger partial charge in [0.05, 0.1) is 22.8 Å². The van der Waals surface area contributed by atoms with Crippen molar-refractivity contribution in [1.29, 1.82) is 0 Å². The SMILES string of the molecule is Cc1ccc(-c2cc(-c3ccccc3)nc(-c3ccc4ccccc4c3)c2)cc1.Cc1cccc(-c2cc(-c3ccccc3)nc(-c3ccc4ccccc4c3)c2)c1.Cc1nc(-c2ccccn2)nc(-c2ccccn2)n1.Cc1nc(-c2cccnc2)nc(-c2cccnc2)n1.Cc1nc(-c2ccncc2)nc(-c2ccncc2)n1. The van der Waals surface area contributed by atoms with Gasteiger partial charge < -0.3 is 0 Å². The van der Waals surface area contributed by atoms with E-state index in [9.17, 15) is 0 Å². The van der Waals surface area contributed by atoms with Gasteiger partial charge in [0.2, 0.25) is 0 Å². The molecule has 115 heavy (non-hydrogen) atoms. The smallest absolute Gasteiger partial charge is 0.182 e. The van der Waals surface area contributed by atoms with E-state index in [-0.39, 0.29) is 0 Å². The van der Waals surface area contributed by atoms with E-state index in [1.54, 1.807) is 62.0 Å². The van der Waals surface area contributed by atoms with Crippen LogP contribution < -0.4 is 0 Å². The summed E-state index contributed by atoms with van der Waals surface area (Å²) in [4.78, 5) is 74.2. The highest BCUT2D eigenvalue weighted by Crippen LogP contribution is 2.35. The molecule has 0 aliphatic carbocycles. The number of fused-ring (bicyclic) bond motifs is 2. The molecular weight excluding hydrogens is 1420 g/mol. The van der Waals surface area contributed by atoms with Crippen molar-refractivity contribution < 1.29 is 0 Å². The molecule has 11 aromatic heterocycles. The Hall–Kier alpha value is -15.5. The molecule has 0 aliphatic rings. The van der Waals surface area contributed by atoms with Crippen LogP contribution in [0.2, 0.25) is 0 Å². The van der Waals surface area contributed by atoms with Gasteiger partial charge in [0.1, 0.15) is 28.9 Å². The zero-order valence-electron chi connectivity index (χ0n) is 63.7. The lowest BCUT2D eigenvalue weighted by Crippen LogP contribution is -2.01. The van der Waals surface area contributed by atoms with Gasteiger partial charge in [-0.3, -0.25) is 29.9 Å². The van der Waals surface area contributed by atoms with Crippen LogP contribution in [0.3, 0.4) is 0 Å². The van der Waals surface area contributed by atoms with Crippen molar-refractivity contribution in [3.05, 3.63) is 394 Å². The van der Waals surface area contributed by atoms with Crippen LogP contribution in [0.5, 0.6) is 0 Å². The van der Waals surface area contributed by atoms with E-state index in [2.05, 4.69) is 295 Å². The second kappa shape index (κ2) is 36.4. The van der Waals surface area contributed by atoms with Gasteiger partial charge in [-0.05, 0) is 188 Å². The van der Waals surface area contributed by atoms with Crippen molar-refractivity contribution in [3.8, 4) is 136 Å². The topological polar surface area (TPSA) is 219 Å². The number of hydrogen-bond acceptors (Lipinski definition) is 17. The highest BCUT2D eigenvalue weighted by Gasteiger charge is 2.16. The van der Waals surface area contributed by atoms with Crippen LogP contribution in [-0.2, 0) is 0 Å². The summed E-state index contributed by atoms with van der Waals surface area (Å²) in [5.74, 6) is 5.70. The fourth-order valence-corrected chi connectivity index (χ4v) is 12.6. The molecule has 0 aliphatic heterocycles. The Morgan fingerprint density at radius 1 is 0.165 bits per heavy atom. The van der Waals surface area contributed by atoms with Crippen molar-refractivity contribution in [3.63, 3.8) is 0 Å². The summed E-state index contributed by atoms with van der Waals surface area (Å²) < 4.78 is 0. The van der Waals surface area contributed by atoms with E-state index in [0.29, 0.717) is 52.4 Å². The van der Waals surface area contributed by atoms with Crippen molar-refractivity contribution in [1.82, 2.24) is 84.7 Å². The number of aryl methyl sites for hydroxylation is 5. The average molecular weight is 1490 g/mol. The fraction of sp³-hybridized carbons (Fsp3) is 0.0510. The summed E-state index contributed by atoms with van der Waals surface area (Å²) in [7, 11) is 0. The second-order valence-electron chi connectivity index (χ2n) is 26.8. The number of nitrogens with zero attached hydrogens (tertiary/aromatic N) is 17.